The lowest BCUT2D eigenvalue weighted by atomic mass is 10.2. The van der Waals surface area contributed by atoms with Gasteiger partial charge in [-0.2, -0.15) is 5.10 Å². The lowest BCUT2D eigenvalue weighted by Crippen LogP contribution is -1.93. The van der Waals surface area contributed by atoms with E-state index in [0.29, 0.717) is 0 Å². The average Bonchev–Trinajstić information content (AvgIpc) is 3.08. The highest BCUT2D eigenvalue weighted by Crippen LogP contribution is 2.38. The van der Waals surface area contributed by atoms with Crippen molar-refractivity contribution in [3.8, 4) is 11.5 Å². The first-order valence-electron chi connectivity index (χ1n) is 7.89. The van der Waals surface area contributed by atoms with Crippen molar-refractivity contribution in [3.63, 3.8) is 0 Å². The standard InChI is InChI=1S/C19H19N3O2S2/c1-13-12-25-19(21-13)22-20-11-14-6-4-5-7-17(14)26-18-10-15(23-2)8-9-16(18)24-3/h4-12H,1-3H3,(H,21,22). The third-order valence-electron chi connectivity index (χ3n) is 3.49. The van der Waals surface area contributed by atoms with E-state index in [-0.39, 0.29) is 0 Å². The zero-order valence-corrected chi connectivity index (χ0v) is 16.4. The Kier molecular flexibility index (Phi) is 6.14. The molecule has 134 valence electrons. The van der Waals surface area contributed by atoms with Gasteiger partial charge in [0, 0.05) is 15.8 Å². The monoisotopic (exact) mass is 385 g/mol. The molecule has 1 N–H and O–H groups in total. The fourth-order valence-electron chi connectivity index (χ4n) is 2.22. The number of rotatable bonds is 7. The third-order valence-corrected chi connectivity index (χ3v) is 5.49. The second-order valence-electron chi connectivity index (χ2n) is 5.32. The zero-order valence-electron chi connectivity index (χ0n) is 14.7. The van der Waals surface area contributed by atoms with Crippen molar-refractivity contribution in [2.45, 2.75) is 16.7 Å². The van der Waals surface area contributed by atoms with E-state index in [2.05, 4.69) is 21.6 Å². The number of anilines is 1. The predicted molar refractivity (Wildman–Crippen MR) is 108 cm³/mol. The van der Waals surface area contributed by atoms with Crippen LogP contribution in [0.4, 0.5) is 5.13 Å². The maximum atomic E-state index is 5.47. The van der Waals surface area contributed by atoms with Gasteiger partial charge < -0.3 is 9.47 Å². The highest BCUT2D eigenvalue weighted by molar-refractivity contribution is 7.99. The van der Waals surface area contributed by atoms with Gasteiger partial charge in [-0.25, -0.2) is 4.98 Å². The van der Waals surface area contributed by atoms with Gasteiger partial charge in [-0.05, 0) is 31.2 Å². The van der Waals surface area contributed by atoms with E-state index in [4.69, 9.17) is 9.47 Å². The summed E-state index contributed by atoms with van der Waals surface area (Å²) in [5.74, 6) is 1.60. The topological polar surface area (TPSA) is 55.7 Å². The molecular formula is C19H19N3O2S2. The number of nitrogens with one attached hydrogen (secondary N) is 1. The number of ether oxygens (including phenoxy) is 2. The van der Waals surface area contributed by atoms with Crippen LogP contribution in [-0.2, 0) is 0 Å². The number of hydrogen-bond donors (Lipinski definition) is 1. The van der Waals surface area contributed by atoms with Gasteiger partial charge in [0.15, 0.2) is 0 Å². The zero-order chi connectivity index (χ0) is 18.4. The van der Waals surface area contributed by atoms with Crippen LogP contribution in [0, 0.1) is 6.92 Å². The predicted octanol–water partition coefficient (Wildman–Crippen LogP) is 5.07. The second kappa shape index (κ2) is 8.73. The van der Waals surface area contributed by atoms with Gasteiger partial charge in [-0.3, -0.25) is 5.43 Å². The molecule has 0 amide bonds. The molecule has 0 aliphatic heterocycles. The number of aryl methyl sites for hydroxylation is 1. The van der Waals surface area contributed by atoms with Crippen LogP contribution >= 0.6 is 23.1 Å². The SMILES string of the molecule is COc1ccc(OC)c(Sc2ccccc2C=NNc2nc(C)cs2)c1. The summed E-state index contributed by atoms with van der Waals surface area (Å²) in [7, 11) is 3.32. The lowest BCUT2D eigenvalue weighted by molar-refractivity contribution is 0.394. The molecule has 0 fully saturated rings. The third kappa shape index (κ3) is 4.56. The maximum absolute atomic E-state index is 5.47. The number of methoxy groups -OCH3 is 2. The fraction of sp³-hybridized carbons (Fsp3) is 0.158. The van der Waals surface area contributed by atoms with Crippen LogP contribution < -0.4 is 14.9 Å². The van der Waals surface area contributed by atoms with Gasteiger partial charge in [0.2, 0.25) is 5.13 Å². The first kappa shape index (κ1) is 18.3. The molecule has 26 heavy (non-hydrogen) atoms. The van der Waals surface area contributed by atoms with E-state index >= 15 is 0 Å². The van der Waals surface area contributed by atoms with Crippen LogP contribution in [0.3, 0.4) is 0 Å². The summed E-state index contributed by atoms with van der Waals surface area (Å²) in [5, 5.41) is 7.07. The lowest BCUT2D eigenvalue weighted by Gasteiger charge is -2.11. The quantitative estimate of drug-likeness (QED) is 0.455. The summed E-state index contributed by atoms with van der Waals surface area (Å²) in [6.07, 6.45) is 1.80. The second-order valence-corrected chi connectivity index (χ2v) is 7.26. The first-order chi connectivity index (χ1) is 12.7. The van der Waals surface area contributed by atoms with Gasteiger partial charge in [0.05, 0.1) is 31.0 Å². The molecular weight excluding hydrogens is 366 g/mol. The Balaban J connectivity index is 1.81. The number of benzene rings is 2. The van der Waals surface area contributed by atoms with Crippen molar-refractivity contribution in [3.05, 3.63) is 59.1 Å². The van der Waals surface area contributed by atoms with Gasteiger partial charge in [-0.1, -0.05) is 30.0 Å². The van der Waals surface area contributed by atoms with E-state index < -0.39 is 0 Å². The Hall–Kier alpha value is -2.51. The summed E-state index contributed by atoms with van der Waals surface area (Å²) < 4.78 is 10.8. The van der Waals surface area contributed by atoms with Crippen molar-refractivity contribution in [2.75, 3.05) is 19.6 Å². The van der Waals surface area contributed by atoms with Crippen LogP contribution in [-0.4, -0.2) is 25.4 Å². The van der Waals surface area contributed by atoms with E-state index in [1.165, 1.54) is 11.3 Å². The number of thiazole rings is 1. The van der Waals surface area contributed by atoms with E-state index in [1.807, 2.05) is 48.7 Å². The highest BCUT2D eigenvalue weighted by atomic mass is 32.2. The van der Waals surface area contributed by atoms with Crippen LogP contribution in [0.15, 0.2) is 62.7 Å². The molecule has 0 spiro atoms. The molecule has 5 nitrogen and oxygen atoms in total. The summed E-state index contributed by atoms with van der Waals surface area (Å²) in [4.78, 5) is 6.38. The molecule has 2 aromatic carbocycles. The minimum atomic E-state index is 0.776. The molecule has 1 heterocycles. The van der Waals surface area contributed by atoms with E-state index in [9.17, 15) is 0 Å². The maximum Gasteiger partial charge on any atom is 0.203 e. The van der Waals surface area contributed by atoms with Crippen LogP contribution in [0.5, 0.6) is 11.5 Å². The minimum absolute atomic E-state index is 0.776. The molecule has 0 unspecified atom stereocenters. The summed E-state index contributed by atoms with van der Waals surface area (Å²) in [6.45, 7) is 1.96. The Morgan fingerprint density at radius 1 is 1.12 bits per heavy atom. The number of aromatic nitrogens is 1. The summed E-state index contributed by atoms with van der Waals surface area (Å²) in [6, 6.07) is 13.8. The van der Waals surface area contributed by atoms with E-state index in [0.717, 1.165) is 37.7 Å². The molecule has 3 aromatic rings. The molecule has 0 aliphatic rings. The van der Waals surface area contributed by atoms with Crippen molar-refractivity contribution in [1.82, 2.24) is 4.98 Å². The average molecular weight is 386 g/mol. The number of hydrazone groups is 1. The van der Waals surface area contributed by atoms with Gasteiger partial charge >= 0.3 is 0 Å². The summed E-state index contributed by atoms with van der Waals surface area (Å²) >= 11 is 3.14. The van der Waals surface area contributed by atoms with E-state index in [1.54, 1.807) is 32.2 Å². The largest absolute Gasteiger partial charge is 0.497 e. The normalized spacial score (nSPS) is 10.9. The van der Waals surface area contributed by atoms with Crippen molar-refractivity contribution in [2.24, 2.45) is 5.10 Å². The van der Waals surface area contributed by atoms with Crippen molar-refractivity contribution in [1.29, 1.82) is 0 Å². The molecule has 0 saturated carbocycles. The smallest absolute Gasteiger partial charge is 0.203 e. The molecule has 0 bridgehead atoms. The van der Waals surface area contributed by atoms with Crippen LogP contribution in [0.25, 0.3) is 0 Å². The number of hydrogen-bond acceptors (Lipinski definition) is 7. The van der Waals surface area contributed by atoms with Crippen molar-refractivity contribution >= 4 is 34.4 Å². The summed E-state index contributed by atoms with van der Waals surface area (Å²) in [5.41, 5.74) is 4.95. The first-order valence-corrected chi connectivity index (χ1v) is 9.59. The van der Waals surface area contributed by atoms with Crippen LogP contribution in [0.2, 0.25) is 0 Å². The molecule has 7 heteroatoms. The molecule has 0 saturated heterocycles. The minimum Gasteiger partial charge on any atom is -0.497 e. The molecule has 0 atom stereocenters. The molecule has 0 aliphatic carbocycles. The molecule has 3 rings (SSSR count). The number of nitrogens with zero attached hydrogens (tertiary/aromatic N) is 2. The van der Waals surface area contributed by atoms with Crippen LogP contribution in [0.1, 0.15) is 11.3 Å². The molecule has 1 aromatic heterocycles. The Bertz CT molecular complexity index is 909. The van der Waals surface area contributed by atoms with Gasteiger partial charge in [-0.15, -0.1) is 11.3 Å². The van der Waals surface area contributed by atoms with Gasteiger partial charge in [0.25, 0.3) is 0 Å². The highest BCUT2D eigenvalue weighted by Gasteiger charge is 2.09. The van der Waals surface area contributed by atoms with Gasteiger partial charge in [0.1, 0.15) is 11.5 Å². The Labute approximate surface area is 161 Å². The Morgan fingerprint density at radius 3 is 2.69 bits per heavy atom. The molecule has 0 radical (unpaired) electrons. The fourth-order valence-corrected chi connectivity index (χ4v) is 3.91. The van der Waals surface area contributed by atoms with Crippen molar-refractivity contribution < 1.29 is 9.47 Å². The Morgan fingerprint density at radius 2 is 1.96 bits per heavy atom.